The molecular formula is C32H40FN5O3Si. The fourth-order valence-electron chi connectivity index (χ4n) is 4.93. The predicted molar refractivity (Wildman–Crippen MR) is 167 cm³/mol. The van der Waals surface area contributed by atoms with Crippen molar-refractivity contribution in [1.29, 1.82) is 0 Å². The van der Waals surface area contributed by atoms with Crippen molar-refractivity contribution in [2.75, 3.05) is 24.6 Å². The average Bonchev–Trinajstić information content (AvgIpc) is 3.59. The van der Waals surface area contributed by atoms with Gasteiger partial charge in [-0.05, 0) is 62.6 Å². The number of imidazole rings is 1. The van der Waals surface area contributed by atoms with E-state index in [1.165, 1.54) is 18.9 Å². The molecule has 0 radical (unpaired) electrons. The first kappa shape index (κ1) is 29.7. The van der Waals surface area contributed by atoms with E-state index < -0.39 is 25.2 Å². The van der Waals surface area contributed by atoms with E-state index in [9.17, 15) is 4.79 Å². The fraction of sp³-hybridized carbons (Fsp3) is 0.406. The lowest BCUT2D eigenvalue weighted by atomic mass is 9.84. The third kappa shape index (κ3) is 6.49. The van der Waals surface area contributed by atoms with Gasteiger partial charge in [0, 0.05) is 45.1 Å². The van der Waals surface area contributed by atoms with Crippen LogP contribution in [0.3, 0.4) is 0 Å². The molecule has 1 amide bonds. The van der Waals surface area contributed by atoms with E-state index >= 15 is 4.39 Å². The summed E-state index contributed by atoms with van der Waals surface area (Å²) in [6.07, 6.45) is 2.39. The highest BCUT2D eigenvalue weighted by Gasteiger charge is 2.27. The molecule has 0 atom stereocenters. The van der Waals surface area contributed by atoms with Crippen LogP contribution in [-0.2, 0) is 21.7 Å². The minimum Gasteiger partial charge on any atom is -0.425 e. The maximum Gasteiger partial charge on any atom is 0.306 e. The molecule has 3 heterocycles. The van der Waals surface area contributed by atoms with Crippen LogP contribution in [-0.4, -0.2) is 48.2 Å². The first-order valence-electron chi connectivity index (χ1n) is 14.5. The average molecular weight is 590 g/mol. The van der Waals surface area contributed by atoms with Crippen molar-refractivity contribution >= 4 is 30.8 Å². The van der Waals surface area contributed by atoms with E-state index in [2.05, 4.69) is 29.5 Å². The van der Waals surface area contributed by atoms with E-state index in [-0.39, 0.29) is 18.4 Å². The second-order valence-electron chi connectivity index (χ2n) is 12.7. The number of amides is 1. The van der Waals surface area contributed by atoms with Crippen LogP contribution in [0.15, 0.2) is 54.6 Å². The van der Waals surface area contributed by atoms with Gasteiger partial charge in [-0.2, -0.15) is 4.98 Å². The monoisotopic (exact) mass is 589 g/mol. The van der Waals surface area contributed by atoms with Gasteiger partial charge in [0.2, 0.25) is 5.91 Å². The third-order valence-corrected chi connectivity index (χ3v) is 9.57. The van der Waals surface area contributed by atoms with Crippen LogP contribution in [0.1, 0.15) is 32.3 Å². The second kappa shape index (κ2) is 11.8. The first-order chi connectivity index (χ1) is 19.9. The van der Waals surface area contributed by atoms with Gasteiger partial charge in [0.15, 0.2) is 11.5 Å². The normalized spacial score (nSPS) is 14.1. The summed E-state index contributed by atoms with van der Waals surface area (Å²) in [7, 11) is -1.29. The van der Waals surface area contributed by atoms with Crippen molar-refractivity contribution in [3.05, 3.63) is 66.0 Å². The predicted octanol–water partition coefficient (Wildman–Crippen LogP) is 6.71. The van der Waals surface area contributed by atoms with Crippen molar-refractivity contribution in [1.82, 2.24) is 14.5 Å². The Kier molecular flexibility index (Phi) is 8.38. The Balaban J connectivity index is 1.47. The molecule has 1 fully saturated rings. The van der Waals surface area contributed by atoms with Crippen molar-refractivity contribution in [3.63, 3.8) is 0 Å². The lowest BCUT2D eigenvalue weighted by Gasteiger charge is -2.21. The quantitative estimate of drug-likeness (QED) is 0.154. The molecule has 1 aliphatic heterocycles. The Morgan fingerprint density at radius 2 is 1.69 bits per heavy atom. The maximum atomic E-state index is 15.4. The number of carbonyl (C=O) groups is 1. The van der Waals surface area contributed by atoms with Gasteiger partial charge < -0.3 is 20.1 Å². The van der Waals surface area contributed by atoms with Crippen LogP contribution >= 0.6 is 0 Å². The number of carbonyl (C=O) groups excluding carboxylic acids is 1. The van der Waals surface area contributed by atoms with Crippen LogP contribution in [0.25, 0.3) is 22.4 Å². The van der Waals surface area contributed by atoms with Crippen LogP contribution in [0.2, 0.25) is 25.7 Å². The number of pyridine rings is 1. The smallest absolute Gasteiger partial charge is 0.306 e. The number of rotatable bonds is 11. The van der Waals surface area contributed by atoms with Crippen LogP contribution < -0.4 is 15.4 Å². The summed E-state index contributed by atoms with van der Waals surface area (Å²) in [6.45, 7) is 13.3. The molecule has 2 aromatic carbocycles. The third-order valence-electron chi connectivity index (χ3n) is 7.87. The Morgan fingerprint density at radius 1 is 1.02 bits per heavy atom. The van der Waals surface area contributed by atoms with Gasteiger partial charge in [0.05, 0.1) is 5.41 Å². The number of aromatic nitrogens is 3. The summed E-state index contributed by atoms with van der Waals surface area (Å²) in [6, 6.07) is 17.7. The largest absolute Gasteiger partial charge is 0.425 e. The van der Waals surface area contributed by atoms with Gasteiger partial charge in [-0.3, -0.25) is 9.36 Å². The number of nitrogens with two attached hydrogens (primary N) is 1. The van der Waals surface area contributed by atoms with Gasteiger partial charge in [-0.15, -0.1) is 0 Å². The molecule has 1 saturated heterocycles. The number of fused-ring (bicyclic) bond motifs is 1. The SMILES string of the molecule is CC(C)(C(N)=O)c1ccc(Oc2nc3cc(F)c(-c4ccc(N5CCCC5)cc4)nc3n2COCC[Si](C)(C)C)cc1. The van der Waals surface area contributed by atoms with Crippen molar-refractivity contribution in [2.45, 2.75) is 64.5 Å². The van der Waals surface area contributed by atoms with Crippen LogP contribution in [0, 0.1) is 5.82 Å². The molecule has 4 aromatic rings. The summed E-state index contributed by atoms with van der Waals surface area (Å²) in [4.78, 5) is 23.6. The standard InChI is InChI=1S/C32H40FN5O3Si/c1-32(2,30(34)39)23-10-14-25(15-11-23)41-31-35-27-20-26(33)28(22-8-12-24(13-9-22)37-16-6-7-17-37)36-29(27)38(31)21-40-18-19-42(3,4)5/h8-15,20H,6-7,16-19,21H2,1-5H3,(H2,34,39). The number of anilines is 1. The zero-order chi connectivity index (χ0) is 30.1. The summed E-state index contributed by atoms with van der Waals surface area (Å²) < 4.78 is 29.4. The molecule has 2 aromatic heterocycles. The Morgan fingerprint density at radius 3 is 2.31 bits per heavy atom. The summed E-state index contributed by atoms with van der Waals surface area (Å²) in [5.41, 5.74) is 8.47. The van der Waals surface area contributed by atoms with Crippen LogP contribution in [0.4, 0.5) is 10.1 Å². The fourth-order valence-corrected chi connectivity index (χ4v) is 5.68. The molecule has 0 saturated carbocycles. The minimum atomic E-state index is -1.29. The number of halogens is 1. The summed E-state index contributed by atoms with van der Waals surface area (Å²) >= 11 is 0. The number of hydrogen-bond donors (Lipinski definition) is 1. The molecule has 8 nitrogen and oxygen atoms in total. The molecular weight excluding hydrogens is 549 g/mol. The van der Waals surface area contributed by atoms with E-state index in [0.717, 1.165) is 30.4 Å². The van der Waals surface area contributed by atoms with Crippen molar-refractivity contribution in [3.8, 4) is 23.0 Å². The molecule has 5 rings (SSSR count). The lowest BCUT2D eigenvalue weighted by molar-refractivity contribution is -0.122. The van der Waals surface area contributed by atoms with Crippen molar-refractivity contribution in [2.24, 2.45) is 5.73 Å². The Bertz CT molecular complexity index is 1560. The zero-order valence-corrected chi connectivity index (χ0v) is 26.1. The van der Waals surface area contributed by atoms with Gasteiger partial charge in [-0.25, -0.2) is 9.37 Å². The summed E-state index contributed by atoms with van der Waals surface area (Å²) in [5, 5.41) is 0. The molecule has 0 aliphatic carbocycles. The molecule has 0 unspecified atom stereocenters. The highest BCUT2D eigenvalue weighted by atomic mass is 28.3. The van der Waals surface area contributed by atoms with E-state index in [1.807, 2.05) is 24.3 Å². The van der Waals surface area contributed by atoms with Gasteiger partial charge in [0.25, 0.3) is 0 Å². The second-order valence-corrected chi connectivity index (χ2v) is 18.3. The molecule has 10 heteroatoms. The van der Waals surface area contributed by atoms with Crippen molar-refractivity contribution < 1.29 is 18.7 Å². The number of hydrogen-bond acceptors (Lipinski definition) is 6. The Hall–Kier alpha value is -3.76. The Labute approximate surface area is 247 Å². The van der Waals surface area contributed by atoms with Gasteiger partial charge in [-0.1, -0.05) is 43.9 Å². The number of benzene rings is 2. The maximum absolute atomic E-state index is 15.4. The number of nitrogens with zero attached hydrogens (tertiary/aromatic N) is 4. The zero-order valence-electron chi connectivity index (χ0n) is 25.1. The topological polar surface area (TPSA) is 95.5 Å². The number of primary amides is 1. The van der Waals surface area contributed by atoms with Gasteiger partial charge >= 0.3 is 6.01 Å². The highest BCUT2D eigenvalue weighted by Crippen LogP contribution is 2.32. The molecule has 0 bridgehead atoms. The van der Waals surface area contributed by atoms with E-state index in [1.54, 1.807) is 42.7 Å². The van der Waals surface area contributed by atoms with E-state index in [0.29, 0.717) is 29.1 Å². The molecule has 2 N–H and O–H groups in total. The minimum absolute atomic E-state index is 0.162. The first-order valence-corrected chi connectivity index (χ1v) is 18.2. The van der Waals surface area contributed by atoms with E-state index in [4.69, 9.17) is 20.2 Å². The van der Waals surface area contributed by atoms with Gasteiger partial charge in [0.1, 0.15) is 23.7 Å². The molecule has 0 spiro atoms. The summed E-state index contributed by atoms with van der Waals surface area (Å²) in [5.74, 6) is -0.357. The molecule has 1 aliphatic rings. The molecule has 222 valence electrons. The highest BCUT2D eigenvalue weighted by molar-refractivity contribution is 6.76. The van der Waals surface area contributed by atoms with Crippen LogP contribution in [0.5, 0.6) is 11.8 Å². The molecule has 42 heavy (non-hydrogen) atoms. The lowest BCUT2D eigenvalue weighted by Crippen LogP contribution is -2.35. The number of ether oxygens (including phenoxy) is 2.